The van der Waals surface area contributed by atoms with E-state index in [1.54, 1.807) is 24.3 Å². The lowest BCUT2D eigenvalue weighted by atomic mass is 9.96. The fraction of sp³-hybridized carbons (Fsp3) is 0.438. The maximum Gasteiger partial charge on any atom is 0.394 e. The van der Waals surface area contributed by atoms with Gasteiger partial charge in [0.25, 0.3) is 0 Å². The highest BCUT2D eigenvalue weighted by atomic mass is 19.4. The van der Waals surface area contributed by atoms with Crippen LogP contribution in [0, 0.1) is 11.8 Å². The van der Waals surface area contributed by atoms with Gasteiger partial charge in [0.15, 0.2) is 0 Å². The number of carbonyl (C=O) groups is 2. The first kappa shape index (κ1) is 18.8. The molecule has 1 unspecified atom stereocenters. The van der Waals surface area contributed by atoms with Crippen molar-refractivity contribution in [3.8, 4) is 11.4 Å². The lowest BCUT2D eigenvalue weighted by Gasteiger charge is -2.20. The summed E-state index contributed by atoms with van der Waals surface area (Å²) < 4.78 is 39.2. The largest absolute Gasteiger partial charge is 0.481 e. The Morgan fingerprint density at radius 3 is 2.44 bits per heavy atom. The van der Waals surface area contributed by atoms with Crippen LogP contribution in [-0.4, -0.2) is 61.4 Å². The monoisotopic (exact) mass is 383 g/mol. The lowest BCUT2D eigenvalue weighted by Crippen LogP contribution is -2.36. The fourth-order valence-electron chi connectivity index (χ4n) is 3.02. The third kappa shape index (κ3) is 3.76. The van der Waals surface area contributed by atoms with E-state index in [1.807, 2.05) is 6.07 Å². The highest BCUT2D eigenvalue weighted by molar-refractivity contribution is 5.82. The molecular weight excluding hydrogens is 367 g/mol. The number of benzene rings is 1. The molecule has 0 spiro atoms. The topological polar surface area (TPSA) is 101 Å². The Morgan fingerprint density at radius 1 is 1.22 bits per heavy atom. The number of aromatic nitrogens is 4. The van der Waals surface area contributed by atoms with Gasteiger partial charge in [-0.15, -0.1) is 10.2 Å². The zero-order chi connectivity index (χ0) is 19.8. The molecule has 0 aliphatic carbocycles. The summed E-state index contributed by atoms with van der Waals surface area (Å²) in [7, 11) is 0. The van der Waals surface area contributed by atoms with Gasteiger partial charge in [-0.1, -0.05) is 30.3 Å². The molecule has 27 heavy (non-hydrogen) atoms. The number of carboxylic acid groups (broad SMARTS) is 1. The molecule has 2 heterocycles. The van der Waals surface area contributed by atoms with Crippen molar-refractivity contribution in [2.24, 2.45) is 11.8 Å². The average molecular weight is 383 g/mol. The van der Waals surface area contributed by atoms with Crippen molar-refractivity contribution in [1.29, 1.82) is 0 Å². The first-order valence-electron chi connectivity index (χ1n) is 8.11. The van der Waals surface area contributed by atoms with Crippen molar-refractivity contribution in [1.82, 2.24) is 25.1 Å². The summed E-state index contributed by atoms with van der Waals surface area (Å²) in [6, 6.07) is 7.84. The van der Waals surface area contributed by atoms with Crippen molar-refractivity contribution < 1.29 is 27.9 Å². The number of tetrazole rings is 1. The van der Waals surface area contributed by atoms with Gasteiger partial charge in [0.05, 0.1) is 11.8 Å². The molecule has 144 valence electrons. The predicted octanol–water partition coefficient (Wildman–Crippen LogP) is 1.62. The van der Waals surface area contributed by atoms with Crippen LogP contribution < -0.4 is 0 Å². The molecule has 0 saturated carbocycles. The molecule has 1 aliphatic rings. The number of amides is 1. The highest BCUT2D eigenvalue weighted by Gasteiger charge is 2.54. The van der Waals surface area contributed by atoms with Crippen LogP contribution in [0.2, 0.25) is 0 Å². The van der Waals surface area contributed by atoms with Gasteiger partial charge in [-0.25, -0.2) is 0 Å². The number of hydrogen-bond acceptors (Lipinski definition) is 5. The lowest BCUT2D eigenvalue weighted by molar-refractivity contribution is -0.188. The van der Waals surface area contributed by atoms with Crippen molar-refractivity contribution in [3.63, 3.8) is 0 Å². The zero-order valence-corrected chi connectivity index (χ0v) is 14.2. The van der Waals surface area contributed by atoms with Crippen LogP contribution in [-0.2, 0) is 9.59 Å². The number of rotatable bonds is 4. The van der Waals surface area contributed by atoms with Gasteiger partial charge < -0.3 is 10.0 Å². The number of carboxylic acids is 1. The number of aliphatic carboxylic acids is 1. The molecule has 0 bridgehead atoms. The van der Waals surface area contributed by atoms with Crippen LogP contribution in [0.25, 0.3) is 11.4 Å². The Balaban J connectivity index is 1.76. The minimum atomic E-state index is -4.70. The van der Waals surface area contributed by atoms with Crippen LogP contribution in [0.15, 0.2) is 30.3 Å². The van der Waals surface area contributed by atoms with E-state index in [-0.39, 0.29) is 5.82 Å². The predicted molar refractivity (Wildman–Crippen MR) is 85.2 cm³/mol. The first-order chi connectivity index (χ1) is 12.7. The van der Waals surface area contributed by atoms with Crippen molar-refractivity contribution in [3.05, 3.63) is 30.3 Å². The second kappa shape index (κ2) is 6.97. The standard InChI is InChI=1S/C16H16F3N5O3/c1-9(24-21-13(20-22-24)10-5-3-2-4-6-10)14(25)23-7-11(15(26)27)12(8-23)16(17,18)19/h2-6,9,11-12H,7-8H2,1H3,(H,26,27)/t9?,11-,12-/m1/s1. The highest BCUT2D eigenvalue weighted by Crippen LogP contribution is 2.38. The smallest absolute Gasteiger partial charge is 0.394 e. The van der Waals surface area contributed by atoms with E-state index >= 15 is 0 Å². The van der Waals surface area contributed by atoms with Crippen molar-refractivity contribution >= 4 is 11.9 Å². The molecule has 1 aromatic carbocycles. The van der Waals surface area contributed by atoms with Crippen molar-refractivity contribution in [2.45, 2.75) is 19.1 Å². The van der Waals surface area contributed by atoms with E-state index in [4.69, 9.17) is 5.11 Å². The number of likely N-dealkylation sites (tertiary alicyclic amines) is 1. The van der Waals surface area contributed by atoms with E-state index in [0.29, 0.717) is 5.56 Å². The van der Waals surface area contributed by atoms with Crippen LogP contribution in [0.5, 0.6) is 0 Å². The molecule has 1 N–H and O–H groups in total. The summed E-state index contributed by atoms with van der Waals surface area (Å²) in [5, 5.41) is 20.8. The molecule has 2 aromatic rings. The summed E-state index contributed by atoms with van der Waals surface area (Å²) in [5.74, 6) is -5.79. The second-order valence-corrected chi connectivity index (χ2v) is 6.31. The molecule has 3 rings (SSSR count). The summed E-state index contributed by atoms with van der Waals surface area (Å²) in [4.78, 5) is 25.6. The van der Waals surface area contributed by atoms with E-state index < -0.39 is 49.0 Å². The minimum absolute atomic E-state index is 0.272. The van der Waals surface area contributed by atoms with Gasteiger partial charge in [0.2, 0.25) is 11.7 Å². The van der Waals surface area contributed by atoms with Gasteiger partial charge in [0, 0.05) is 18.7 Å². The molecule has 11 heteroatoms. The third-order valence-electron chi connectivity index (χ3n) is 4.53. The fourth-order valence-corrected chi connectivity index (χ4v) is 3.02. The van der Waals surface area contributed by atoms with Crippen LogP contribution in [0.4, 0.5) is 13.2 Å². The molecule has 1 saturated heterocycles. The van der Waals surface area contributed by atoms with E-state index in [2.05, 4.69) is 15.4 Å². The van der Waals surface area contributed by atoms with Crippen molar-refractivity contribution in [2.75, 3.05) is 13.1 Å². The van der Waals surface area contributed by atoms with Gasteiger partial charge in [-0.2, -0.15) is 18.0 Å². The normalized spacial score (nSPS) is 21.3. The quantitative estimate of drug-likeness (QED) is 0.861. The van der Waals surface area contributed by atoms with E-state index in [0.717, 1.165) is 9.70 Å². The number of nitrogens with zero attached hydrogens (tertiary/aromatic N) is 5. The molecule has 1 aliphatic heterocycles. The van der Waals surface area contributed by atoms with Gasteiger partial charge in [-0.05, 0) is 12.1 Å². The Hall–Kier alpha value is -2.98. The number of halogens is 3. The molecule has 1 aromatic heterocycles. The van der Waals surface area contributed by atoms with E-state index in [9.17, 15) is 22.8 Å². The Bertz CT molecular complexity index is 839. The summed E-state index contributed by atoms with van der Waals surface area (Å²) in [5.41, 5.74) is 0.674. The first-order valence-corrected chi connectivity index (χ1v) is 8.11. The molecule has 3 atom stereocenters. The molecular formula is C16H16F3N5O3. The molecule has 0 radical (unpaired) electrons. The molecule has 8 nitrogen and oxygen atoms in total. The van der Waals surface area contributed by atoms with E-state index in [1.165, 1.54) is 6.92 Å². The summed E-state index contributed by atoms with van der Waals surface area (Å²) in [6.45, 7) is 0.211. The maximum atomic E-state index is 13.1. The zero-order valence-electron chi connectivity index (χ0n) is 14.2. The van der Waals surface area contributed by atoms with Gasteiger partial charge in [0.1, 0.15) is 6.04 Å². The van der Waals surface area contributed by atoms with Gasteiger partial charge >= 0.3 is 12.1 Å². The minimum Gasteiger partial charge on any atom is -0.481 e. The number of alkyl halides is 3. The Kier molecular flexibility index (Phi) is 4.85. The van der Waals surface area contributed by atoms with Gasteiger partial charge in [-0.3, -0.25) is 9.59 Å². The number of hydrogen-bond donors (Lipinski definition) is 1. The maximum absolute atomic E-state index is 13.1. The summed E-state index contributed by atoms with van der Waals surface area (Å²) in [6.07, 6.45) is -4.70. The second-order valence-electron chi connectivity index (χ2n) is 6.31. The number of carbonyl (C=O) groups excluding carboxylic acids is 1. The summed E-state index contributed by atoms with van der Waals surface area (Å²) >= 11 is 0. The molecule has 1 amide bonds. The average Bonchev–Trinajstić information content (AvgIpc) is 3.28. The Labute approximate surface area is 151 Å². The van der Waals surface area contributed by atoms with Crippen LogP contribution >= 0.6 is 0 Å². The third-order valence-corrected chi connectivity index (χ3v) is 4.53. The van der Waals surface area contributed by atoms with Crippen LogP contribution in [0.1, 0.15) is 13.0 Å². The molecule has 1 fully saturated rings. The Morgan fingerprint density at radius 2 is 1.89 bits per heavy atom. The SMILES string of the molecule is CC(C(=O)N1C[C@@H](C(F)(F)F)[C@H](C(=O)O)C1)n1nnc(-c2ccccc2)n1. The van der Waals surface area contributed by atoms with Crippen LogP contribution in [0.3, 0.4) is 0 Å².